The number of ether oxygens (including phenoxy) is 1. The van der Waals surface area contributed by atoms with Gasteiger partial charge in [-0.05, 0) is 18.9 Å². The second kappa shape index (κ2) is 4.53. The van der Waals surface area contributed by atoms with Gasteiger partial charge >= 0.3 is 0 Å². The maximum atomic E-state index is 5.32. The Balaban J connectivity index is 2.44. The molecular formula is C12H15N3O2. The van der Waals surface area contributed by atoms with Crippen LogP contribution in [0, 0.1) is 6.92 Å². The lowest BCUT2D eigenvalue weighted by atomic mass is 10.1. The standard InChI is InChI=1S/C12H15N3O2/c1-7(2)11-10(16-4)5-9(6-13-11)12-14-8(3)15-17-12/h5-7H,1-4H3. The molecule has 5 heteroatoms. The lowest BCUT2D eigenvalue weighted by Gasteiger charge is -2.10. The molecule has 0 saturated carbocycles. The topological polar surface area (TPSA) is 61.0 Å². The van der Waals surface area contributed by atoms with Gasteiger partial charge in [0, 0.05) is 6.20 Å². The first-order valence-corrected chi connectivity index (χ1v) is 5.46. The van der Waals surface area contributed by atoms with Gasteiger partial charge in [-0.1, -0.05) is 19.0 Å². The Morgan fingerprint density at radius 1 is 1.35 bits per heavy atom. The highest BCUT2D eigenvalue weighted by Gasteiger charge is 2.13. The molecule has 2 heterocycles. The molecular weight excluding hydrogens is 218 g/mol. The number of nitrogens with zero attached hydrogens (tertiary/aromatic N) is 3. The van der Waals surface area contributed by atoms with E-state index in [1.54, 1.807) is 20.2 Å². The zero-order valence-electron chi connectivity index (χ0n) is 10.4. The molecule has 0 N–H and O–H groups in total. The van der Waals surface area contributed by atoms with Gasteiger partial charge in [0.25, 0.3) is 5.89 Å². The highest BCUT2D eigenvalue weighted by molar-refractivity contribution is 5.55. The Morgan fingerprint density at radius 2 is 2.12 bits per heavy atom. The quantitative estimate of drug-likeness (QED) is 0.815. The zero-order valence-corrected chi connectivity index (χ0v) is 10.4. The van der Waals surface area contributed by atoms with Crippen molar-refractivity contribution in [2.75, 3.05) is 7.11 Å². The molecule has 2 aromatic heterocycles. The lowest BCUT2D eigenvalue weighted by Crippen LogP contribution is -1.98. The summed E-state index contributed by atoms with van der Waals surface area (Å²) in [5, 5.41) is 3.75. The summed E-state index contributed by atoms with van der Waals surface area (Å²) in [7, 11) is 1.63. The van der Waals surface area contributed by atoms with Gasteiger partial charge in [-0.15, -0.1) is 0 Å². The van der Waals surface area contributed by atoms with Crippen molar-refractivity contribution in [3.05, 3.63) is 23.8 Å². The van der Waals surface area contributed by atoms with Crippen LogP contribution < -0.4 is 4.74 Å². The minimum Gasteiger partial charge on any atom is -0.495 e. The van der Waals surface area contributed by atoms with Crippen molar-refractivity contribution in [1.29, 1.82) is 0 Å². The van der Waals surface area contributed by atoms with E-state index in [1.165, 1.54) is 0 Å². The highest BCUT2D eigenvalue weighted by Crippen LogP contribution is 2.28. The SMILES string of the molecule is COc1cc(-c2nc(C)no2)cnc1C(C)C. The second-order valence-electron chi connectivity index (χ2n) is 4.11. The number of pyridine rings is 1. The summed E-state index contributed by atoms with van der Waals surface area (Å²) in [6.45, 7) is 5.92. The molecule has 2 rings (SSSR count). The van der Waals surface area contributed by atoms with Crippen molar-refractivity contribution in [2.45, 2.75) is 26.7 Å². The van der Waals surface area contributed by atoms with E-state index in [-0.39, 0.29) is 0 Å². The van der Waals surface area contributed by atoms with Gasteiger partial charge in [0.1, 0.15) is 5.75 Å². The molecule has 0 aliphatic rings. The number of aromatic nitrogens is 3. The van der Waals surface area contributed by atoms with E-state index in [0.29, 0.717) is 17.6 Å². The van der Waals surface area contributed by atoms with Gasteiger partial charge in [0.15, 0.2) is 5.82 Å². The van der Waals surface area contributed by atoms with Crippen LogP contribution in [0.2, 0.25) is 0 Å². The third-order valence-electron chi connectivity index (χ3n) is 2.42. The maximum absolute atomic E-state index is 5.32. The van der Waals surface area contributed by atoms with Crippen LogP contribution in [0.3, 0.4) is 0 Å². The Hall–Kier alpha value is -1.91. The van der Waals surface area contributed by atoms with Crippen molar-refractivity contribution in [3.8, 4) is 17.2 Å². The number of hydrogen-bond acceptors (Lipinski definition) is 5. The van der Waals surface area contributed by atoms with E-state index in [4.69, 9.17) is 9.26 Å². The van der Waals surface area contributed by atoms with Gasteiger partial charge in [0.2, 0.25) is 0 Å². The summed E-state index contributed by atoms with van der Waals surface area (Å²) < 4.78 is 10.4. The fourth-order valence-electron chi connectivity index (χ4n) is 1.58. The fraction of sp³-hybridized carbons (Fsp3) is 0.417. The van der Waals surface area contributed by atoms with Crippen LogP contribution in [0.1, 0.15) is 31.3 Å². The van der Waals surface area contributed by atoms with Crippen LogP contribution in [-0.2, 0) is 0 Å². The van der Waals surface area contributed by atoms with Gasteiger partial charge in [-0.2, -0.15) is 4.98 Å². The molecule has 0 saturated heterocycles. The summed E-state index contributed by atoms with van der Waals surface area (Å²) in [4.78, 5) is 8.54. The summed E-state index contributed by atoms with van der Waals surface area (Å²) >= 11 is 0. The zero-order chi connectivity index (χ0) is 12.4. The third-order valence-corrected chi connectivity index (χ3v) is 2.42. The molecule has 2 aromatic rings. The average molecular weight is 233 g/mol. The van der Waals surface area contributed by atoms with Gasteiger partial charge in [-0.25, -0.2) is 0 Å². The number of aryl methyl sites for hydroxylation is 1. The van der Waals surface area contributed by atoms with Crippen molar-refractivity contribution < 1.29 is 9.26 Å². The summed E-state index contributed by atoms with van der Waals surface area (Å²) in [6, 6.07) is 1.87. The molecule has 5 nitrogen and oxygen atoms in total. The minimum absolute atomic E-state index is 0.309. The first-order valence-electron chi connectivity index (χ1n) is 5.46. The first-order chi connectivity index (χ1) is 8.11. The van der Waals surface area contributed by atoms with Crippen molar-refractivity contribution >= 4 is 0 Å². The monoisotopic (exact) mass is 233 g/mol. The predicted octanol–water partition coefficient (Wildman–Crippen LogP) is 2.57. The molecule has 0 radical (unpaired) electrons. The molecule has 0 fully saturated rings. The molecule has 0 amide bonds. The number of hydrogen-bond donors (Lipinski definition) is 0. The van der Waals surface area contributed by atoms with Crippen molar-refractivity contribution in [2.24, 2.45) is 0 Å². The Bertz CT molecular complexity index is 520. The smallest absolute Gasteiger partial charge is 0.259 e. The minimum atomic E-state index is 0.309. The van der Waals surface area contributed by atoms with Crippen LogP contribution >= 0.6 is 0 Å². The Labute approximate surface area is 99.8 Å². The number of rotatable bonds is 3. The van der Waals surface area contributed by atoms with E-state index < -0.39 is 0 Å². The fourth-order valence-corrected chi connectivity index (χ4v) is 1.58. The molecule has 90 valence electrons. The van der Waals surface area contributed by atoms with Crippen LogP contribution in [0.15, 0.2) is 16.8 Å². The molecule has 17 heavy (non-hydrogen) atoms. The normalized spacial score (nSPS) is 10.9. The van der Waals surface area contributed by atoms with E-state index in [0.717, 1.165) is 17.0 Å². The molecule has 0 spiro atoms. The van der Waals surface area contributed by atoms with E-state index in [9.17, 15) is 0 Å². The van der Waals surface area contributed by atoms with Crippen LogP contribution in [-0.4, -0.2) is 22.2 Å². The van der Waals surface area contributed by atoms with E-state index in [2.05, 4.69) is 29.0 Å². The Kier molecular flexibility index (Phi) is 3.08. The third kappa shape index (κ3) is 2.27. The highest BCUT2D eigenvalue weighted by atomic mass is 16.5. The van der Waals surface area contributed by atoms with Gasteiger partial charge in [0.05, 0.1) is 18.4 Å². The molecule has 0 bridgehead atoms. The van der Waals surface area contributed by atoms with Gasteiger partial charge in [-0.3, -0.25) is 4.98 Å². The lowest BCUT2D eigenvalue weighted by molar-refractivity contribution is 0.402. The van der Waals surface area contributed by atoms with Crippen LogP contribution in [0.5, 0.6) is 5.75 Å². The van der Waals surface area contributed by atoms with Gasteiger partial charge < -0.3 is 9.26 Å². The number of methoxy groups -OCH3 is 1. The molecule has 0 unspecified atom stereocenters. The predicted molar refractivity (Wildman–Crippen MR) is 62.9 cm³/mol. The second-order valence-corrected chi connectivity index (χ2v) is 4.11. The molecule has 0 aliphatic carbocycles. The summed E-state index contributed by atoms with van der Waals surface area (Å²) in [5.41, 5.74) is 1.69. The largest absolute Gasteiger partial charge is 0.495 e. The van der Waals surface area contributed by atoms with Crippen LogP contribution in [0.25, 0.3) is 11.5 Å². The first kappa shape index (κ1) is 11.6. The molecule has 0 atom stereocenters. The average Bonchev–Trinajstić information content (AvgIpc) is 2.75. The molecule has 0 aromatic carbocycles. The molecule has 0 aliphatic heterocycles. The van der Waals surface area contributed by atoms with E-state index >= 15 is 0 Å². The van der Waals surface area contributed by atoms with Crippen molar-refractivity contribution in [3.63, 3.8) is 0 Å². The Morgan fingerprint density at radius 3 is 2.65 bits per heavy atom. The maximum Gasteiger partial charge on any atom is 0.259 e. The van der Waals surface area contributed by atoms with Crippen molar-refractivity contribution in [1.82, 2.24) is 15.1 Å². The van der Waals surface area contributed by atoms with E-state index in [1.807, 2.05) is 6.07 Å². The summed E-state index contributed by atoms with van der Waals surface area (Å²) in [5.74, 6) is 2.12. The van der Waals surface area contributed by atoms with Crippen LogP contribution in [0.4, 0.5) is 0 Å². The summed E-state index contributed by atoms with van der Waals surface area (Å²) in [6.07, 6.45) is 1.73.